The summed E-state index contributed by atoms with van der Waals surface area (Å²) in [7, 11) is -0.725. The topological polar surface area (TPSA) is 171 Å². The van der Waals surface area contributed by atoms with Crippen molar-refractivity contribution < 1.29 is 47.8 Å². The number of esters is 1. The highest BCUT2D eigenvalue weighted by Gasteiger charge is 2.45. The number of aromatic nitrogens is 1. The van der Waals surface area contributed by atoms with Crippen LogP contribution in [-0.2, 0) is 41.3 Å². The molecule has 1 aromatic carbocycles. The summed E-state index contributed by atoms with van der Waals surface area (Å²) >= 11 is 0. The zero-order chi connectivity index (χ0) is 36.3. The molecule has 0 spiro atoms. The van der Waals surface area contributed by atoms with Gasteiger partial charge in [0.05, 0.1) is 6.61 Å². The number of imide groups is 1. The molecule has 0 bridgehead atoms. The molecule has 264 valence electrons. The van der Waals surface area contributed by atoms with Gasteiger partial charge in [0.1, 0.15) is 23.7 Å². The SMILES string of the molecule is CCOC(=O)C(Cc1cnc(N(C(=O)OC(C)(C)C)C(=O)OC(C)(C)C)c(C)c1)C(O)(CC(C)CNC(=O)OCc1ccccc1)P=O. The fourth-order valence-electron chi connectivity index (χ4n) is 4.61. The van der Waals surface area contributed by atoms with Crippen molar-refractivity contribution in [3.05, 3.63) is 59.3 Å². The molecule has 2 N–H and O–H groups in total. The number of anilines is 1. The Morgan fingerprint density at radius 1 is 0.958 bits per heavy atom. The molecule has 0 saturated carbocycles. The molecule has 2 rings (SSSR count). The van der Waals surface area contributed by atoms with Crippen molar-refractivity contribution in [2.24, 2.45) is 11.8 Å². The number of hydrogen-bond acceptors (Lipinski definition) is 11. The third kappa shape index (κ3) is 12.8. The van der Waals surface area contributed by atoms with Gasteiger partial charge in [0.25, 0.3) is 0 Å². The van der Waals surface area contributed by atoms with Crippen LogP contribution >= 0.6 is 8.46 Å². The van der Waals surface area contributed by atoms with Crippen LogP contribution < -0.4 is 10.2 Å². The average molecular weight is 690 g/mol. The smallest absolute Gasteiger partial charge is 0.425 e. The molecule has 3 amide bonds. The van der Waals surface area contributed by atoms with Gasteiger partial charge in [-0.2, -0.15) is 4.90 Å². The Labute approximate surface area is 283 Å². The van der Waals surface area contributed by atoms with Crippen LogP contribution in [0.4, 0.5) is 20.2 Å². The molecule has 0 aliphatic heterocycles. The van der Waals surface area contributed by atoms with E-state index in [0.29, 0.717) is 16.0 Å². The van der Waals surface area contributed by atoms with Gasteiger partial charge >= 0.3 is 24.2 Å². The molecule has 3 atom stereocenters. The highest BCUT2D eigenvalue weighted by Crippen LogP contribution is 2.38. The van der Waals surface area contributed by atoms with Crippen LogP contribution in [0.15, 0.2) is 42.6 Å². The number of benzene rings is 1. The molecule has 0 aliphatic rings. The molecule has 14 heteroatoms. The second-order valence-corrected chi connectivity index (χ2v) is 14.5. The zero-order valence-electron chi connectivity index (χ0n) is 29.2. The maximum atomic E-state index is 13.2. The second kappa shape index (κ2) is 17.3. The highest BCUT2D eigenvalue weighted by atomic mass is 31.1. The number of nitrogens with zero attached hydrogens (tertiary/aromatic N) is 2. The van der Waals surface area contributed by atoms with E-state index in [0.717, 1.165) is 5.56 Å². The lowest BCUT2D eigenvalue weighted by molar-refractivity contribution is -0.154. The Balaban J connectivity index is 2.28. The molecular weight excluding hydrogens is 641 g/mol. The number of pyridine rings is 1. The van der Waals surface area contributed by atoms with E-state index in [1.54, 1.807) is 68.4 Å². The molecule has 48 heavy (non-hydrogen) atoms. The molecule has 0 aliphatic carbocycles. The Morgan fingerprint density at radius 2 is 1.54 bits per heavy atom. The van der Waals surface area contributed by atoms with Gasteiger partial charge in [-0.15, -0.1) is 0 Å². The predicted octanol–water partition coefficient (Wildman–Crippen LogP) is 6.72. The van der Waals surface area contributed by atoms with Gasteiger partial charge in [0.15, 0.2) is 19.6 Å². The first-order valence-corrected chi connectivity index (χ1v) is 16.5. The monoisotopic (exact) mass is 689 g/mol. The predicted molar refractivity (Wildman–Crippen MR) is 179 cm³/mol. The summed E-state index contributed by atoms with van der Waals surface area (Å²) in [4.78, 5) is 56.7. The van der Waals surface area contributed by atoms with Gasteiger partial charge in [-0.05, 0) is 90.8 Å². The van der Waals surface area contributed by atoms with Crippen molar-refractivity contribution >= 4 is 38.5 Å². The molecule has 1 aromatic heterocycles. The standard InChI is InChI=1S/C34H48N3O10P/c1-10-44-28(38)26(34(42,48-43)18-22(2)19-36-29(39)45-21-24-14-12-11-13-15-24)17-25-16-23(3)27(35-20-25)37(30(40)46-32(4,5)6)31(41)47-33(7,8)9/h11-16,20,22,26,42H,10,17-19,21H2,1-9H3,(H,36,39). The number of aryl methyl sites for hydroxylation is 1. The minimum atomic E-state index is -2.08. The number of carbonyl (C=O) groups excluding carboxylic acids is 4. The van der Waals surface area contributed by atoms with Gasteiger partial charge in [-0.1, -0.05) is 43.3 Å². The van der Waals surface area contributed by atoms with E-state index >= 15 is 0 Å². The third-order valence-electron chi connectivity index (χ3n) is 6.65. The molecule has 13 nitrogen and oxygen atoms in total. The Hall–Kier alpha value is -4.09. The van der Waals surface area contributed by atoms with E-state index < -0.39 is 61.1 Å². The van der Waals surface area contributed by atoms with Crippen LogP contribution in [0, 0.1) is 18.8 Å². The quantitative estimate of drug-likeness (QED) is 0.130. The zero-order valence-corrected chi connectivity index (χ0v) is 30.1. The summed E-state index contributed by atoms with van der Waals surface area (Å²) in [6, 6.07) is 10.7. The Kier molecular flexibility index (Phi) is 14.5. The number of ether oxygens (including phenoxy) is 4. The van der Waals surface area contributed by atoms with Crippen LogP contribution in [-0.4, -0.2) is 64.0 Å². The first-order chi connectivity index (χ1) is 22.3. The summed E-state index contributed by atoms with van der Waals surface area (Å²) < 4.78 is 33.9. The lowest BCUT2D eigenvalue weighted by atomic mass is 9.88. The maximum absolute atomic E-state index is 13.2. The van der Waals surface area contributed by atoms with Crippen molar-refractivity contribution in [2.75, 3.05) is 18.1 Å². The molecule has 0 saturated heterocycles. The van der Waals surface area contributed by atoms with Crippen molar-refractivity contribution in [3.63, 3.8) is 0 Å². The number of rotatable bonds is 13. The number of alkyl carbamates (subject to hydrolysis) is 1. The number of nitrogens with one attached hydrogen (secondary N) is 1. The van der Waals surface area contributed by atoms with Gasteiger partial charge in [0, 0.05) is 12.7 Å². The molecule has 3 unspecified atom stereocenters. The summed E-state index contributed by atoms with van der Waals surface area (Å²) in [5.41, 5.74) is -0.232. The third-order valence-corrected chi connectivity index (χ3v) is 7.47. The second-order valence-electron chi connectivity index (χ2n) is 13.5. The van der Waals surface area contributed by atoms with Gasteiger partial charge in [-0.25, -0.2) is 19.4 Å². The minimum Gasteiger partial charge on any atom is -0.466 e. The molecule has 2 aromatic rings. The Bertz CT molecular complexity index is 1400. The number of carbonyl (C=O) groups is 4. The molecule has 1 heterocycles. The van der Waals surface area contributed by atoms with E-state index in [2.05, 4.69) is 10.3 Å². The Morgan fingerprint density at radius 3 is 2.04 bits per heavy atom. The molecular formula is C34H48N3O10P. The van der Waals surface area contributed by atoms with Crippen molar-refractivity contribution in [3.8, 4) is 0 Å². The van der Waals surface area contributed by atoms with E-state index in [4.69, 9.17) is 18.9 Å². The maximum Gasteiger partial charge on any atom is 0.425 e. The van der Waals surface area contributed by atoms with E-state index in [-0.39, 0.29) is 38.4 Å². The summed E-state index contributed by atoms with van der Waals surface area (Å²) in [6.07, 6.45) is -1.59. The highest BCUT2D eigenvalue weighted by molar-refractivity contribution is 7.25. The lowest BCUT2D eigenvalue weighted by Gasteiger charge is -2.31. The largest absolute Gasteiger partial charge is 0.466 e. The summed E-state index contributed by atoms with van der Waals surface area (Å²) in [5, 5.41) is 12.1. The van der Waals surface area contributed by atoms with Crippen LogP contribution in [0.25, 0.3) is 0 Å². The van der Waals surface area contributed by atoms with Gasteiger partial charge in [0.2, 0.25) is 0 Å². The van der Waals surface area contributed by atoms with Crippen molar-refractivity contribution in [2.45, 2.75) is 98.3 Å². The van der Waals surface area contributed by atoms with E-state index in [1.165, 1.54) is 6.20 Å². The molecule has 0 radical (unpaired) electrons. The van der Waals surface area contributed by atoms with Gasteiger partial charge < -0.3 is 29.4 Å². The fraction of sp³-hybridized carbons (Fsp3) is 0.559. The number of hydrogen-bond donors (Lipinski definition) is 2. The first kappa shape index (κ1) is 40.1. The van der Waals surface area contributed by atoms with Crippen LogP contribution in [0.5, 0.6) is 0 Å². The lowest BCUT2D eigenvalue weighted by Crippen LogP contribution is -2.44. The van der Waals surface area contributed by atoms with Crippen LogP contribution in [0.3, 0.4) is 0 Å². The average Bonchev–Trinajstić information content (AvgIpc) is 2.97. The minimum absolute atomic E-state index is 0.0163. The van der Waals surface area contributed by atoms with E-state index in [1.807, 2.05) is 30.3 Å². The summed E-state index contributed by atoms with van der Waals surface area (Å²) in [6.45, 7) is 15.0. The first-order valence-electron chi connectivity index (χ1n) is 15.7. The van der Waals surface area contributed by atoms with Crippen molar-refractivity contribution in [1.82, 2.24) is 10.3 Å². The van der Waals surface area contributed by atoms with Crippen LogP contribution in [0.1, 0.15) is 78.5 Å². The normalized spacial score (nSPS) is 14.2. The van der Waals surface area contributed by atoms with Crippen molar-refractivity contribution in [1.29, 1.82) is 0 Å². The number of amides is 3. The van der Waals surface area contributed by atoms with E-state index in [9.17, 15) is 28.8 Å². The van der Waals surface area contributed by atoms with Gasteiger partial charge in [-0.3, -0.25) is 9.36 Å². The number of aliphatic hydroxyl groups is 1. The summed E-state index contributed by atoms with van der Waals surface area (Å²) in [5.74, 6) is -2.57. The fourth-order valence-corrected chi connectivity index (χ4v) is 5.32. The molecule has 0 fully saturated rings. The van der Waals surface area contributed by atoms with Crippen LogP contribution in [0.2, 0.25) is 0 Å².